The number of benzene rings is 1. The van der Waals surface area contributed by atoms with E-state index in [2.05, 4.69) is 11.3 Å². The maximum Gasteiger partial charge on any atom is 0.348 e. The molecular weight excluding hydrogens is 350 g/mol. The highest BCUT2D eigenvalue weighted by molar-refractivity contribution is 5.88. The number of ether oxygens (including phenoxy) is 2. The van der Waals surface area contributed by atoms with Crippen LogP contribution < -0.4 is 0 Å². The van der Waals surface area contributed by atoms with Crippen LogP contribution in [0.15, 0.2) is 36.9 Å². The van der Waals surface area contributed by atoms with Gasteiger partial charge in [-0.25, -0.2) is 4.79 Å². The molecule has 1 unspecified atom stereocenters. The molecule has 1 aromatic carbocycles. The molecule has 0 radical (unpaired) electrons. The van der Waals surface area contributed by atoms with Gasteiger partial charge >= 0.3 is 11.9 Å². The summed E-state index contributed by atoms with van der Waals surface area (Å²) in [5.41, 5.74) is 0.620. The molecule has 1 aromatic rings. The van der Waals surface area contributed by atoms with Crippen molar-refractivity contribution in [3.63, 3.8) is 0 Å². The number of allylic oxidation sites excluding steroid dienone is 1. The predicted molar refractivity (Wildman–Crippen MR) is 101 cm³/mol. The van der Waals surface area contributed by atoms with Gasteiger partial charge in [-0.1, -0.05) is 45.9 Å². The van der Waals surface area contributed by atoms with Crippen LogP contribution in [0.2, 0.25) is 0 Å². The van der Waals surface area contributed by atoms with Crippen molar-refractivity contribution < 1.29 is 24.0 Å². The summed E-state index contributed by atoms with van der Waals surface area (Å²) in [6.45, 7) is 11.4. The Morgan fingerprint density at radius 3 is 2.19 bits per heavy atom. The van der Waals surface area contributed by atoms with E-state index >= 15 is 0 Å². The number of non-ortho nitro benzene ring substituents is 1. The number of nitrogens with zero attached hydrogens (tertiary/aromatic N) is 1. The molecule has 0 amide bonds. The molecule has 0 aromatic heterocycles. The topological polar surface area (TPSA) is 99.0 Å². The molecular formula is C20H27NO6. The van der Waals surface area contributed by atoms with Crippen molar-refractivity contribution in [1.29, 1.82) is 0 Å². The first-order valence-corrected chi connectivity index (χ1v) is 8.56. The summed E-state index contributed by atoms with van der Waals surface area (Å²) in [5, 5.41) is 10.5. The normalized spacial score (nSPS) is 15.7. The van der Waals surface area contributed by atoms with Gasteiger partial charge in [-0.15, -0.1) is 6.58 Å². The second kappa shape index (κ2) is 8.79. The Morgan fingerprint density at radius 1 is 1.30 bits per heavy atom. The minimum absolute atomic E-state index is 0.0744. The molecule has 148 valence electrons. The quantitative estimate of drug-likeness (QED) is 0.235. The summed E-state index contributed by atoms with van der Waals surface area (Å²) in [5.74, 6) is -0.359. The third-order valence-electron chi connectivity index (χ3n) is 4.29. The molecule has 0 spiro atoms. The summed E-state index contributed by atoms with van der Waals surface area (Å²) >= 11 is 0. The van der Waals surface area contributed by atoms with Crippen LogP contribution in [-0.4, -0.2) is 30.1 Å². The van der Waals surface area contributed by atoms with Crippen LogP contribution in [0.3, 0.4) is 0 Å². The van der Waals surface area contributed by atoms with E-state index in [0.717, 1.165) is 5.56 Å². The van der Waals surface area contributed by atoms with E-state index < -0.39 is 4.92 Å². The second-order valence-corrected chi connectivity index (χ2v) is 7.85. The van der Waals surface area contributed by atoms with Crippen molar-refractivity contribution in [3.05, 3.63) is 52.6 Å². The number of methoxy groups -OCH3 is 1. The van der Waals surface area contributed by atoms with Gasteiger partial charge in [0.1, 0.15) is 0 Å². The zero-order chi connectivity index (χ0) is 20.8. The predicted octanol–water partition coefficient (Wildman–Crippen LogP) is 3.85. The fourth-order valence-corrected chi connectivity index (χ4v) is 2.43. The van der Waals surface area contributed by atoms with Gasteiger partial charge in [-0.3, -0.25) is 14.9 Å². The van der Waals surface area contributed by atoms with E-state index in [1.54, 1.807) is 18.2 Å². The van der Waals surface area contributed by atoms with Gasteiger partial charge in [0, 0.05) is 17.5 Å². The Kier molecular flexibility index (Phi) is 7.28. The van der Waals surface area contributed by atoms with Crippen molar-refractivity contribution in [2.75, 3.05) is 7.11 Å². The number of hydrogen-bond donors (Lipinski definition) is 0. The molecule has 1 atom stereocenters. The largest absolute Gasteiger partial charge is 0.469 e. The lowest BCUT2D eigenvalue weighted by molar-refractivity contribution is -0.384. The Labute approximate surface area is 159 Å². The van der Waals surface area contributed by atoms with Gasteiger partial charge in [0.15, 0.2) is 0 Å². The number of carbonyl (C=O) groups excluding carboxylic acids is 2. The zero-order valence-corrected chi connectivity index (χ0v) is 16.5. The van der Waals surface area contributed by atoms with Crippen LogP contribution in [-0.2, 0) is 25.5 Å². The van der Waals surface area contributed by atoms with E-state index in [4.69, 9.17) is 4.74 Å². The smallest absolute Gasteiger partial charge is 0.348 e. The van der Waals surface area contributed by atoms with Crippen molar-refractivity contribution in [2.45, 2.75) is 46.6 Å². The summed E-state index contributed by atoms with van der Waals surface area (Å²) in [4.78, 5) is 31.7. The summed E-state index contributed by atoms with van der Waals surface area (Å²) < 4.78 is 9.37. The van der Waals surface area contributed by atoms with Gasteiger partial charge in [0.05, 0.1) is 18.5 Å². The number of carbonyl (C=O) groups is 2. The van der Waals surface area contributed by atoms with E-state index in [1.807, 2.05) is 27.7 Å². The molecule has 1 aliphatic heterocycles. The lowest BCUT2D eigenvalue weighted by atomic mass is 9.82. The van der Waals surface area contributed by atoms with Gasteiger partial charge in [0.25, 0.3) is 5.69 Å². The second-order valence-electron chi connectivity index (χ2n) is 7.85. The number of rotatable bonds is 7. The molecule has 1 heterocycles. The molecule has 0 N–H and O–H groups in total. The van der Waals surface area contributed by atoms with Crippen molar-refractivity contribution >= 4 is 17.6 Å². The van der Waals surface area contributed by atoms with Crippen LogP contribution in [0.25, 0.3) is 0 Å². The van der Waals surface area contributed by atoms with Crippen molar-refractivity contribution in [1.82, 2.24) is 0 Å². The molecule has 2 rings (SSSR count). The first kappa shape index (κ1) is 22.3. The molecule has 0 aliphatic carbocycles. The van der Waals surface area contributed by atoms with Crippen LogP contribution in [0.1, 0.15) is 39.7 Å². The lowest BCUT2D eigenvalue weighted by Crippen LogP contribution is -2.23. The first-order valence-electron chi connectivity index (χ1n) is 8.56. The molecule has 1 fully saturated rings. The standard InChI is InChI=1S/C12H13NO4.C8H14O2/c1-12(2,10-11(14)17-10)7-8-3-5-9(6-4-8)13(15)16;1-5-8(2,3)6-7(9)10-4/h3-6,10H,7H2,1-2H3;5H,1,6H2,2-4H3. The van der Waals surface area contributed by atoms with E-state index in [0.29, 0.717) is 12.8 Å². The average molecular weight is 377 g/mol. The van der Waals surface area contributed by atoms with Crippen LogP contribution >= 0.6 is 0 Å². The summed E-state index contributed by atoms with van der Waals surface area (Å²) in [7, 11) is 1.39. The third kappa shape index (κ3) is 7.21. The Balaban J connectivity index is 0.000000314. The molecule has 0 bridgehead atoms. The van der Waals surface area contributed by atoms with E-state index in [1.165, 1.54) is 19.2 Å². The average Bonchev–Trinajstić information content (AvgIpc) is 3.33. The summed E-state index contributed by atoms with van der Waals surface area (Å²) in [6.07, 6.45) is 2.47. The molecule has 27 heavy (non-hydrogen) atoms. The highest BCUT2D eigenvalue weighted by Crippen LogP contribution is 2.36. The molecule has 0 saturated carbocycles. The zero-order valence-electron chi connectivity index (χ0n) is 16.5. The molecule has 1 aliphatic rings. The third-order valence-corrected chi connectivity index (χ3v) is 4.29. The molecule has 7 nitrogen and oxygen atoms in total. The van der Waals surface area contributed by atoms with Crippen molar-refractivity contribution in [2.24, 2.45) is 10.8 Å². The number of nitro benzene ring substituents is 1. The SMILES string of the molecule is C=CC(C)(C)CC(=O)OC.CC(C)(Cc1ccc([N+](=O)[O-])cc1)C1OC1=O. The van der Waals surface area contributed by atoms with Crippen LogP contribution in [0.4, 0.5) is 5.69 Å². The Morgan fingerprint density at radius 2 is 1.81 bits per heavy atom. The van der Waals surface area contributed by atoms with Gasteiger partial charge < -0.3 is 9.47 Å². The maximum absolute atomic E-state index is 11.0. The number of hydrogen-bond acceptors (Lipinski definition) is 6. The van der Waals surface area contributed by atoms with Crippen molar-refractivity contribution in [3.8, 4) is 0 Å². The van der Waals surface area contributed by atoms with E-state index in [9.17, 15) is 19.7 Å². The number of epoxide rings is 1. The van der Waals surface area contributed by atoms with E-state index in [-0.39, 0.29) is 34.6 Å². The highest BCUT2D eigenvalue weighted by Gasteiger charge is 2.50. The maximum atomic E-state index is 11.0. The Bertz CT molecular complexity index is 706. The monoisotopic (exact) mass is 377 g/mol. The summed E-state index contributed by atoms with van der Waals surface area (Å²) in [6, 6.07) is 6.38. The van der Waals surface area contributed by atoms with Gasteiger partial charge in [-0.2, -0.15) is 0 Å². The Hall–Kier alpha value is -2.70. The number of nitro groups is 1. The number of esters is 1. The van der Waals surface area contributed by atoms with Gasteiger partial charge in [0.2, 0.25) is 6.10 Å². The fraction of sp³-hybridized carbons (Fsp3) is 0.500. The lowest BCUT2D eigenvalue weighted by Gasteiger charge is -2.19. The molecule has 7 heteroatoms. The minimum atomic E-state index is -0.428. The minimum Gasteiger partial charge on any atom is -0.469 e. The first-order chi connectivity index (χ1) is 12.4. The number of cyclic esters (lactones) is 1. The van der Waals surface area contributed by atoms with Crippen LogP contribution in [0, 0.1) is 20.9 Å². The van der Waals surface area contributed by atoms with Crippen LogP contribution in [0.5, 0.6) is 0 Å². The highest BCUT2D eigenvalue weighted by atomic mass is 16.6. The van der Waals surface area contributed by atoms with Gasteiger partial charge in [-0.05, 0) is 17.4 Å². The molecule has 1 saturated heterocycles. The fourth-order valence-electron chi connectivity index (χ4n) is 2.43.